The summed E-state index contributed by atoms with van der Waals surface area (Å²) in [6.07, 6.45) is 7.56. The van der Waals surface area contributed by atoms with Gasteiger partial charge in [-0.3, -0.25) is 0 Å². The first-order valence-electron chi connectivity index (χ1n) is 8.20. The highest BCUT2D eigenvalue weighted by molar-refractivity contribution is 5.17. The van der Waals surface area contributed by atoms with Crippen molar-refractivity contribution >= 4 is 0 Å². The first-order valence-corrected chi connectivity index (χ1v) is 8.20. The molecule has 20 heavy (non-hydrogen) atoms. The van der Waals surface area contributed by atoms with Gasteiger partial charge in [0, 0.05) is 6.04 Å². The molecule has 1 nitrogen and oxygen atoms in total. The summed E-state index contributed by atoms with van der Waals surface area (Å²) < 4.78 is 13.3. The molecule has 0 radical (unpaired) electrons. The van der Waals surface area contributed by atoms with Gasteiger partial charge in [-0.25, -0.2) is 4.39 Å². The maximum Gasteiger partial charge on any atom is 0.123 e. The zero-order valence-corrected chi connectivity index (χ0v) is 12.9. The van der Waals surface area contributed by atoms with Crippen molar-refractivity contribution in [2.45, 2.75) is 58.4 Å². The number of hydrogen-bond donors (Lipinski definition) is 1. The van der Waals surface area contributed by atoms with E-state index in [9.17, 15) is 4.39 Å². The summed E-state index contributed by atoms with van der Waals surface area (Å²) in [6.45, 7) is 5.48. The van der Waals surface area contributed by atoms with E-state index in [1.54, 1.807) is 6.07 Å². The standard InChI is InChI=1S/C18H28FN/c1-3-6-14-9-10-18(20-4-2)16(11-14)12-15-7-5-8-17(19)13-15/h5,7-8,13-14,16,18,20H,3-4,6,9-12H2,1-2H3. The van der Waals surface area contributed by atoms with Gasteiger partial charge in [-0.2, -0.15) is 0 Å². The Balaban J connectivity index is 2.02. The molecule has 0 heterocycles. The van der Waals surface area contributed by atoms with Gasteiger partial charge in [0.05, 0.1) is 0 Å². The van der Waals surface area contributed by atoms with Crippen LogP contribution in [0, 0.1) is 17.7 Å². The van der Waals surface area contributed by atoms with E-state index in [1.807, 2.05) is 6.07 Å². The van der Waals surface area contributed by atoms with E-state index >= 15 is 0 Å². The van der Waals surface area contributed by atoms with E-state index in [0.29, 0.717) is 12.0 Å². The van der Waals surface area contributed by atoms with Gasteiger partial charge in [0.15, 0.2) is 0 Å². The lowest BCUT2D eigenvalue weighted by Gasteiger charge is -2.37. The minimum absolute atomic E-state index is 0.108. The first-order chi connectivity index (χ1) is 9.72. The molecule has 112 valence electrons. The topological polar surface area (TPSA) is 12.0 Å². The molecule has 1 fully saturated rings. The molecule has 2 rings (SSSR count). The number of benzene rings is 1. The average Bonchev–Trinajstić information content (AvgIpc) is 2.42. The highest BCUT2D eigenvalue weighted by Gasteiger charge is 2.29. The van der Waals surface area contributed by atoms with E-state index in [-0.39, 0.29) is 5.82 Å². The smallest absolute Gasteiger partial charge is 0.123 e. The Morgan fingerprint density at radius 2 is 2.10 bits per heavy atom. The second-order valence-electron chi connectivity index (χ2n) is 6.23. The van der Waals surface area contributed by atoms with Gasteiger partial charge < -0.3 is 5.32 Å². The predicted octanol–water partition coefficient (Wildman–Crippen LogP) is 4.56. The molecule has 0 aliphatic heterocycles. The van der Waals surface area contributed by atoms with Crippen molar-refractivity contribution in [1.82, 2.24) is 5.32 Å². The second kappa shape index (κ2) is 7.78. The third-order valence-corrected chi connectivity index (χ3v) is 4.64. The van der Waals surface area contributed by atoms with Crippen LogP contribution in [0.2, 0.25) is 0 Å². The molecule has 3 unspecified atom stereocenters. The van der Waals surface area contributed by atoms with Gasteiger partial charge in [-0.1, -0.05) is 38.8 Å². The highest BCUT2D eigenvalue weighted by Crippen LogP contribution is 2.34. The van der Waals surface area contributed by atoms with Gasteiger partial charge in [0.1, 0.15) is 5.82 Å². The number of rotatable bonds is 6. The quantitative estimate of drug-likeness (QED) is 0.803. The van der Waals surface area contributed by atoms with Crippen LogP contribution in [0.4, 0.5) is 4.39 Å². The van der Waals surface area contributed by atoms with Crippen molar-refractivity contribution in [3.05, 3.63) is 35.6 Å². The van der Waals surface area contributed by atoms with E-state index < -0.39 is 0 Å². The molecule has 1 aliphatic carbocycles. The van der Waals surface area contributed by atoms with Crippen LogP contribution in [0.25, 0.3) is 0 Å². The monoisotopic (exact) mass is 277 g/mol. The van der Waals surface area contributed by atoms with Crippen molar-refractivity contribution in [3.8, 4) is 0 Å². The van der Waals surface area contributed by atoms with Gasteiger partial charge in [0.25, 0.3) is 0 Å². The Morgan fingerprint density at radius 3 is 2.80 bits per heavy atom. The molecule has 0 aromatic heterocycles. The molecule has 1 aliphatic rings. The van der Waals surface area contributed by atoms with Crippen LogP contribution in [-0.2, 0) is 6.42 Å². The number of halogens is 1. The SMILES string of the molecule is CCCC1CCC(NCC)C(Cc2cccc(F)c2)C1. The van der Waals surface area contributed by atoms with Gasteiger partial charge in [-0.05, 0) is 61.8 Å². The lowest BCUT2D eigenvalue weighted by atomic mass is 9.74. The number of nitrogens with one attached hydrogen (secondary N) is 1. The Labute approximate surface area is 123 Å². The molecule has 1 aromatic rings. The van der Waals surface area contributed by atoms with Gasteiger partial charge in [-0.15, -0.1) is 0 Å². The van der Waals surface area contributed by atoms with Crippen LogP contribution in [0.15, 0.2) is 24.3 Å². The third kappa shape index (κ3) is 4.31. The normalized spacial score (nSPS) is 26.6. The van der Waals surface area contributed by atoms with Crippen molar-refractivity contribution in [2.75, 3.05) is 6.54 Å². The molecule has 1 saturated carbocycles. The molecule has 0 amide bonds. The molecule has 3 atom stereocenters. The van der Waals surface area contributed by atoms with Crippen LogP contribution in [0.5, 0.6) is 0 Å². The third-order valence-electron chi connectivity index (χ3n) is 4.64. The minimum Gasteiger partial charge on any atom is -0.314 e. The van der Waals surface area contributed by atoms with Crippen LogP contribution in [0.3, 0.4) is 0 Å². The molecule has 0 spiro atoms. The molecule has 0 saturated heterocycles. The lowest BCUT2D eigenvalue weighted by Crippen LogP contribution is -2.41. The molecular weight excluding hydrogens is 249 g/mol. The minimum atomic E-state index is -0.108. The van der Waals surface area contributed by atoms with Gasteiger partial charge in [0.2, 0.25) is 0 Å². The van der Waals surface area contributed by atoms with Crippen molar-refractivity contribution in [2.24, 2.45) is 11.8 Å². The molecular formula is C18H28FN. The summed E-state index contributed by atoms with van der Waals surface area (Å²) in [5.41, 5.74) is 1.15. The molecule has 1 aromatic carbocycles. The average molecular weight is 277 g/mol. The second-order valence-corrected chi connectivity index (χ2v) is 6.23. The summed E-state index contributed by atoms with van der Waals surface area (Å²) in [7, 11) is 0. The summed E-state index contributed by atoms with van der Waals surface area (Å²) in [6, 6.07) is 7.74. The van der Waals surface area contributed by atoms with E-state index in [0.717, 1.165) is 24.4 Å². The van der Waals surface area contributed by atoms with Crippen LogP contribution in [0.1, 0.15) is 51.5 Å². The molecule has 2 heteroatoms. The fourth-order valence-corrected chi connectivity index (χ4v) is 3.75. The first kappa shape index (κ1) is 15.5. The Morgan fingerprint density at radius 1 is 1.25 bits per heavy atom. The largest absolute Gasteiger partial charge is 0.314 e. The highest BCUT2D eigenvalue weighted by atomic mass is 19.1. The molecule has 0 bridgehead atoms. The Bertz CT molecular complexity index is 404. The van der Waals surface area contributed by atoms with Gasteiger partial charge >= 0.3 is 0 Å². The van der Waals surface area contributed by atoms with Crippen LogP contribution >= 0.6 is 0 Å². The zero-order chi connectivity index (χ0) is 14.4. The van der Waals surface area contributed by atoms with Crippen LogP contribution in [-0.4, -0.2) is 12.6 Å². The lowest BCUT2D eigenvalue weighted by molar-refractivity contribution is 0.195. The van der Waals surface area contributed by atoms with Crippen LogP contribution < -0.4 is 5.32 Å². The van der Waals surface area contributed by atoms with E-state index in [1.165, 1.54) is 38.2 Å². The fraction of sp³-hybridized carbons (Fsp3) is 0.667. The van der Waals surface area contributed by atoms with Crippen molar-refractivity contribution in [3.63, 3.8) is 0 Å². The maximum absolute atomic E-state index is 13.3. The van der Waals surface area contributed by atoms with Crippen molar-refractivity contribution in [1.29, 1.82) is 0 Å². The Hall–Kier alpha value is -0.890. The van der Waals surface area contributed by atoms with E-state index in [2.05, 4.69) is 25.2 Å². The zero-order valence-electron chi connectivity index (χ0n) is 12.9. The number of hydrogen-bond acceptors (Lipinski definition) is 1. The summed E-state index contributed by atoms with van der Waals surface area (Å²) >= 11 is 0. The van der Waals surface area contributed by atoms with E-state index in [4.69, 9.17) is 0 Å². The van der Waals surface area contributed by atoms with Crippen molar-refractivity contribution < 1.29 is 4.39 Å². The molecule has 1 N–H and O–H groups in total. The summed E-state index contributed by atoms with van der Waals surface area (Å²) in [5, 5.41) is 3.64. The summed E-state index contributed by atoms with van der Waals surface area (Å²) in [5.74, 6) is 1.42. The Kier molecular flexibility index (Phi) is 6.03. The maximum atomic E-state index is 13.3. The fourth-order valence-electron chi connectivity index (χ4n) is 3.75. The predicted molar refractivity (Wildman–Crippen MR) is 83.3 cm³/mol. The summed E-state index contributed by atoms with van der Waals surface area (Å²) in [4.78, 5) is 0.